The largest absolute Gasteiger partial charge is 0.416 e. The number of aliphatic hydroxyl groups is 1. The fourth-order valence-electron chi connectivity index (χ4n) is 5.62. The summed E-state index contributed by atoms with van der Waals surface area (Å²) in [6.07, 6.45) is -0.908. The van der Waals surface area contributed by atoms with E-state index < -0.39 is 23.9 Å². The van der Waals surface area contributed by atoms with Crippen LogP contribution in [-0.4, -0.2) is 47.1 Å². The maximum Gasteiger partial charge on any atom is 0.416 e. The van der Waals surface area contributed by atoms with Gasteiger partial charge in [-0.25, -0.2) is 0 Å². The molecular formula is C33H37F3N4O2S. The van der Waals surface area contributed by atoms with Crippen LogP contribution >= 0.6 is 11.9 Å². The first-order chi connectivity index (χ1) is 20.6. The molecule has 228 valence electrons. The monoisotopic (exact) mass is 610 g/mol. The van der Waals surface area contributed by atoms with Gasteiger partial charge in [0.05, 0.1) is 28.9 Å². The summed E-state index contributed by atoms with van der Waals surface area (Å²) in [5.74, 6) is 0.648. The van der Waals surface area contributed by atoms with Crippen molar-refractivity contribution >= 4 is 34.4 Å². The molecule has 0 unspecified atom stereocenters. The second-order valence-corrected chi connectivity index (χ2v) is 12.2. The topological polar surface area (TPSA) is 69.5 Å². The third-order valence-electron chi connectivity index (χ3n) is 7.79. The molecule has 2 heterocycles. The van der Waals surface area contributed by atoms with E-state index in [9.17, 15) is 23.1 Å². The van der Waals surface area contributed by atoms with Gasteiger partial charge >= 0.3 is 6.18 Å². The summed E-state index contributed by atoms with van der Waals surface area (Å²) in [7, 11) is 2.02. The van der Waals surface area contributed by atoms with Gasteiger partial charge in [0.2, 0.25) is 0 Å². The maximum absolute atomic E-state index is 13.8. The van der Waals surface area contributed by atoms with Crippen LogP contribution in [0.5, 0.6) is 0 Å². The van der Waals surface area contributed by atoms with Crippen molar-refractivity contribution < 1.29 is 23.1 Å². The highest BCUT2D eigenvalue weighted by Crippen LogP contribution is 2.37. The first-order valence-corrected chi connectivity index (χ1v) is 15.5. The number of rotatable bonds is 11. The smallest absolute Gasteiger partial charge is 0.390 e. The molecule has 0 aliphatic carbocycles. The molecule has 1 aliphatic rings. The Morgan fingerprint density at radius 2 is 1.84 bits per heavy atom. The van der Waals surface area contributed by atoms with E-state index in [1.807, 2.05) is 49.5 Å². The molecule has 5 rings (SSSR count). The van der Waals surface area contributed by atoms with E-state index in [2.05, 4.69) is 32.6 Å². The van der Waals surface area contributed by atoms with E-state index in [0.717, 1.165) is 59.4 Å². The molecule has 10 heteroatoms. The molecule has 3 aromatic carbocycles. The van der Waals surface area contributed by atoms with Crippen molar-refractivity contribution in [2.24, 2.45) is 0 Å². The van der Waals surface area contributed by atoms with Gasteiger partial charge in [-0.1, -0.05) is 61.9 Å². The van der Waals surface area contributed by atoms with Gasteiger partial charge in [0.1, 0.15) is 0 Å². The maximum atomic E-state index is 13.8. The van der Waals surface area contributed by atoms with Gasteiger partial charge in [-0.15, -0.1) is 0 Å². The standard InChI is InChI=1S/C33H37F3N4O2S/c1-3-8-24-21-40-13-14-43-39(2)29-18-25(17-27(24)31(29)40)32(42)38-28(16-22-9-5-4-6-10-22)30(41)20-37-19-23-11-7-12-26(15-23)33(34,35)36/h4-7,9-12,15,17-18,21,28,30,37,41H,3,8,13-14,16,19-20H2,1-2H3,(H,38,42)/t28-,30+/m0/s1. The van der Waals surface area contributed by atoms with E-state index in [1.54, 1.807) is 18.0 Å². The summed E-state index contributed by atoms with van der Waals surface area (Å²) >= 11 is 1.71. The Morgan fingerprint density at radius 3 is 2.58 bits per heavy atom. The van der Waals surface area contributed by atoms with Gasteiger partial charge in [0.15, 0.2) is 0 Å². The first kappa shape index (κ1) is 31.0. The normalized spacial score (nSPS) is 14.9. The molecule has 1 aromatic heterocycles. The molecule has 43 heavy (non-hydrogen) atoms. The number of nitrogens with zero attached hydrogens (tertiary/aromatic N) is 2. The third kappa shape index (κ3) is 7.37. The van der Waals surface area contributed by atoms with E-state index >= 15 is 0 Å². The summed E-state index contributed by atoms with van der Waals surface area (Å²) in [5.41, 5.74) is 4.55. The fraction of sp³-hybridized carbons (Fsp3) is 0.364. The van der Waals surface area contributed by atoms with E-state index in [4.69, 9.17) is 0 Å². The highest BCUT2D eigenvalue weighted by molar-refractivity contribution is 8.00. The zero-order chi connectivity index (χ0) is 30.6. The van der Waals surface area contributed by atoms with Crippen LogP contribution in [0.2, 0.25) is 0 Å². The van der Waals surface area contributed by atoms with Gasteiger partial charge in [0.25, 0.3) is 5.91 Å². The summed E-state index contributed by atoms with van der Waals surface area (Å²) in [6.45, 7) is 3.27. The number of nitrogens with one attached hydrogen (secondary N) is 2. The van der Waals surface area contributed by atoms with Crippen LogP contribution in [0.15, 0.2) is 72.9 Å². The average molecular weight is 611 g/mol. The highest BCUT2D eigenvalue weighted by Gasteiger charge is 2.30. The van der Waals surface area contributed by atoms with Crippen LogP contribution in [0, 0.1) is 0 Å². The van der Waals surface area contributed by atoms with Crippen LogP contribution in [0.1, 0.15) is 46.0 Å². The van der Waals surface area contributed by atoms with Crippen LogP contribution in [0.25, 0.3) is 10.9 Å². The molecule has 0 saturated carbocycles. The molecule has 4 aromatic rings. The van der Waals surface area contributed by atoms with Crippen LogP contribution in [0.4, 0.5) is 18.9 Å². The van der Waals surface area contributed by atoms with Crippen LogP contribution < -0.4 is 14.9 Å². The SMILES string of the molecule is CCCc1cn2c3c(cc(C(=O)N[C@@H](Cc4ccccc4)[C@H](O)CNCc4cccc(C(F)(F)F)c4)cc13)N(C)SCC2. The van der Waals surface area contributed by atoms with Crippen molar-refractivity contribution in [3.05, 3.63) is 101 Å². The van der Waals surface area contributed by atoms with Crippen molar-refractivity contribution in [3.8, 4) is 0 Å². The van der Waals surface area contributed by atoms with Crippen molar-refractivity contribution in [1.82, 2.24) is 15.2 Å². The minimum absolute atomic E-state index is 0.0845. The lowest BCUT2D eigenvalue weighted by Crippen LogP contribution is -2.48. The number of amides is 1. The number of aliphatic hydroxyl groups excluding tert-OH is 1. The van der Waals surface area contributed by atoms with E-state index in [0.29, 0.717) is 17.5 Å². The Balaban J connectivity index is 1.36. The molecule has 0 saturated heterocycles. The molecule has 1 amide bonds. The molecule has 0 spiro atoms. The zero-order valence-corrected chi connectivity index (χ0v) is 25.1. The quantitative estimate of drug-likeness (QED) is 0.177. The predicted octanol–water partition coefficient (Wildman–Crippen LogP) is 6.20. The number of hydrogen-bond donors (Lipinski definition) is 3. The Labute approximate surface area is 254 Å². The summed E-state index contributed by atoms with van der Waals surface area (Å²) < 4.78 is 43.8. The summed E-state index contributed by atoms with van der Waals surface area (Å²) in [4.78, 5) is 13.8. The molecule has 0 radical (unpaired) electrons. The number of aryl methyl sites for hydroxylation is 2. The van der Waals surface area contributed by atoms with Crippen molar-refractivity contribution in [3.63, 3.8) is 0 Å². The fourth-order valence-corrected chi connectivity index (χ4v) is 6.45. The van der Waals surface area contributed by atoms with E-state index in [1.165, 1.54) is 11.6 Å². The lowest BCUT2D eigenvalue weighted by atomic mass is 9.99. The lowest BCUT2D eigenvalue weighted by molar-refractivity contribution is -0.137. The molecule has 0 fully saturated rings. The molecular weight excluding hydrogens is 573 g/mol. The predicted molar refractivity (Wildman–Crippen MR) is 167 cm³/mol. The lowest BCUT2D eigenvalue weighted by Gasteiger charge is -2.25. The zero-order valence-electron chi connectivity index (χ0n) is 24.3. The van der Waals surface area contributed by atoms with E-state index in [-0.39, 0.29) is 19.0 Å². The molecule has 0 bridgehead atoms. The Kier molecular flexibility index (Phi) is 9.68. The van der Waals surface area contributed by atoms with Gasteiger partial charge in [-0.3, -0.25) is 4.79 Å². The molecule has 1 aliphatic heterocycles. The van der Waals surface area contributed by atoms with Crippen molar-refractivity contribution in [1.29, 1.82) is 0 Å². The van der Waals surface area contributed by atoms with Crippen LogP contribution in [0.3, 0.4) is 0 Å². The van der Waals surface area contributed by atoms with Crippen LogP contribution in [-0.2, 0) is 32.1 Å². The Morgan fingerprint density at radius 1 is 1.07 bits per heavy atom. The number of carbonyl (C=O) groups excluding carboxylic acids is 1. The average Bonchev–Trinajstić information content (AvgIpc) is 3.24. The Bertz CT molecular complexity index is 1560. The molecule has 2 atom stereocenters. The van der Waals surface area contributed by atoms with Gasteiger partial charge < -0.3 is 24.6 Å². The number of carbonyl (C=O) groups is 1. The van der Waals surface area contributed by atoms with Crippen molar-refractivity contribution in [2.45, 2.75) is 57.6 Å². The number of benzene rings is 3. The second-order valence-electron chi connectivity index (χ2n) is 11.0. The number of halogens is 3. The number of alkyl halides is 3. The second kappa shape index (κ2) is 13.4. The van der Waals surface area contributed by atoms with Gasteiger partial charge in [0, 0.05) is 49.6 Å². The van der Waals surface area contributed by atoms with Gasteiger partial charge in [-0.05, 0) is 59.7 Å². The summed E-state index contributed by atoms with van der Waals surface area (Å²) in [5, 5.41) is 18.4. The minimum atomic E-state index is -4.42. The first-order valence-electron chi connectivity index (χ1n) is 14.6. The number of aromatic nitrogens is 1. The van der Waals surface area contributed by atoms with Crippen molar-refractivity contribution in [2.75, 3.05) is 23.7 Å². The number of hydrogen-bond acceptors (Lipinski definition) is 5. The molecule has 3 N–H and O–H groups in total. The third-order valence-corrected chi connectivity index (χ3v) is 8.74. The minimum Gasteiger partial charge on any atom is -0.390 e. The van der Waals surface area contributed by atoms with Gasteiger partial charge in [-0.2, -0.15) is 13.2 Å². The molecule has 6 nitrogen and oxygen atoms in total. The number of anilines is 1. The summed E-state index contributed by atoms with van der Waals surface area (Å²) in [6, 6.07) is 17.9. The highest BCUT2D eigenvalue weighted by atomic mass is 32.2. The Hall–Kier alpha value is -3.47.